The van der Waals surface area contributed by atoms with Crippen LogP contribution >= 0.6 is 0 Å². The van der Waals surface area contributed by atoms with Gasteiger partial charge in [-0.2, -0.15) is 0 Å². The Labute approximate surface area is 195 Å². The van der Waals surface area contributed by atoms with Crippen LogP contribution in [-0.2, 0) is 9.53 Å². The summed E-state index contributed by atoms with van der Waals surface area (Å²) in [6, 6.07) is 15.0. The zero-order valence-corrected chi connectivity index (χ0v) is 19.8. The molecule has 6 nitrogen and oxygen atoms in total. The molecule has 0 spiro atoms. The number of ether oxygens (including phenoxy) is 1. The van der Waals surface area contributed by atoms with Crippen molar-refractivity contribution in [3.05, 3.63) is 70.3 Å². The number of aromatic nitrogens is 2. The number of amides is 1. The van der Waals surface area contributed by atoms with E-state index in [-0.39, 0.29) is 23.4 Å². The SMILES string of the molecule is CCC(c1nc2ccccc2c(=O)n1-c1ccc(C)cc1)N(CCCOC)C(=O)C1CCC1. The third-order valence-corrected chi connectivity index (χ3v) is 6.64. The molecule has 174 valence electrons. The van der Waals surface area contributed by atoms with E-state index in [0.717, 1.165) is 36.9 Å². The number of fused-ring (bicyclic) bond motifs is 1. The summed E-state index contributed by atoms with van der Waals surface area (Å²) in [5.41, 5.74) is 2.44. The molecule has 0 aliphatic heterocycles. The van der Waals surface area contributed by atoms with Gasteiger partial charge in [-0.1, -0.05) is 43.2 Å². The molecule has 3 aromatic rings. The molecule has 0 N–H and O–H groups in total. The number of para-hydroxylation sites is 1. The Bertz CT molecular complexity index is 1170. The number of carbonyl (C=O) groups is 1. The van der Waals surface area contributed by atoms with E-state index in [4.69, 9.17) is 9.72 Å². The minimum Gasteiger partial charge on any atom is -0.385 e. The second kappa shape index (κ2) is 10.3. The van der Waals surface area contributed by atoms with Gasteiger partial charge in [0, 0.05) is 26.2 Å². The summed E-state index contributed by atoms with van der Waals surface area (Å²) < 4.78 is 6.97. The number of rotatable bonds is 9. The molecule has 1 aromatic heterocycles. The average molecular weight is 448 g/mol. The number of aryl methyl sites for hydroxylation is 1. The fourth-order valence-electron chi connectivity index (χ4n) is 4.55. The molecule has 1 amide bonds. The smallest absolute Gasteiger partial charge is 0.266 e. The predicted octanol–water partition coefficient (Wildman–Crippen LogP) is 4.81. The minimum atomic E-state index is -0.298. The van der Waals surface area contributed by atoms with E-state index in [1.165, 1.54) is 0 Å². The molecule has 1 aliphatic rings. The van der Waals surface area contributed by atoms with Gasteiger partial charge < -0.3 is 9.64 Å². The number of carbonyl (C=O) groups excluding carboxylic acids is 1. The van der Waals surface area contributed by atoms with Crippen LogP contribution in [0.2, 0.25) is 0 Å². The van der Waals surface area contributed by atoms with Crippen LogP contribution in [0.4, 0.5) is 0 Å². The maximum absolute atomic E-state index is 13.7. The van der Waals surface area contributed by atoms with Gasteiger partial charge in [0.15, 0.2) is 0 Å². The third kappa shape index (κ3) is 4.71. The molecular weight excluding hydrogens is 414 g/mol. The van der Waals surface area contributed by atoms with E-state index >= 15 is 0 Å². The number of hydrogen-bond donors (Lipinski definition) is 0. The highest BCUT2D eigenvalue weighted by molar-refractivity contribution is 5.81. The lowest BCUT2D eigenvalue weighted by Gasteiger charge is -2.37. The van der Waals surface area contributed by atoms with Crippen LogP contribution in [-0.4, -0.2) is 40.6 Å². The molecule has 6 heteroatoms. The van der Waals surface area contributed by atoms with Crippen molar-refractivity contribution < 1.29 is 9.53 Å². The highest BCUT2D eigenvalue weighted by atomic mass is 16.5. The van der Waals surface area contributed by atoms with E-state index in [0.29, 0.717) is 36.3 Å². The Balaban J connectivity index is 1.88. The van der Waals surface area contributed by atoms with Crippen LogP contribution in [0.5, 0.6) is 0 Å². The first-order chi connectivity index (χ1) is 16.0. The van der Waals surface area contributed by atoms with Crippen LogP contribution in [0, 0.1) is 12.8 Å². The van der Waals surface area contributed by atoms with Crippen molar-refractivity contribution in [1.82, 2.24) is 14.5 Å². The summed E-state index contributed by atoms with van der Waals surface area (Å²) in [4.78, 5) is 34.1. The summed E-state index contributed by atoms with van der Waals surface area (Å²) in [5, 5.41) is 0.577. The van der Waals surface area contributed by atoms with Gasteiger partial charge in [-0.15, -0.1) is 0 Å². The first-order valence-corrected chi connectivity index (χ1v) is 11.9. The minimum absolute atomic E-state index is 0.0709. The summed E-state index contributed by atoms with van der Waals surface area (Å²) >= 11 is 0. The Hall–Kier alpha value is -2.99. The number of methoxy groups -OCH3 is 1. The van der Waals surface area contributed by atoms with E-state index in [9.17, 15) is 9.59 Å². The molecule has 1 saturated carbocycles. The second-order valence-electron chi connectivity index (χ2n) is 8.89. The number of hydrogen-bond acceptors (Lipinski definition) is 4. The molecule has 1 heterocycles. The first kappa shape index (κ1) is 23.2. The maximum atomic E-state index is 13.7. The van der Waals surface area contributed by atoms with E-state index in [2.05, 4.69) is 6.92 Å². The molecule has 1 atom stereocenters. The van der Waals surface area contributed by atoms with Crippen LogP contribution in [0.15, 0.2) is 53.3 Å². The third-order valence-electron chi connectivity index (χ3n) is 6.64. The van der Waals surface area contributed by atoms with Crippen molar-refractivity contribution in [1.29, 1.82) is 0 Å². The van der Waals surface area contributed by atoms with Gasteiger partial charge in [-0.3, -0.25) is 14.2 Å². The predicted molar refractivity (Wildman–Crippen MR) is 131 cm³/mol. The highest BCUT2D eigenvalue weighted by Gasteiger charge is 2.35. The molecule has 33 heavy (non-hydrogen) atoms. The van der Waals surface area contributed by atoms with E-state index in [1.807, 2.05) is 60.4 Å². The van der Waals surface area contributed by atoms with Crippen molar-refractivity contribution in [2.75, 3.05) is 20.3 Å². The van der Waals surface area contributed by atoms with Crippen LogP contribution in [0.1, 0.15) is 56.5 Å². The Morgan fingerprint density at radius 2 is 1.91 bits per heavy atom. The van der Waals surface area contributed by atoms with Crippen LogP contribution in [0.25, 0.3) is 16.6 Å². The molecule has 0 saturated heterocycles. The van der Waals surface area contributed by atoms with Crippen LogP contribution in [0.3, 0.4) is 0 Å². The average Bonchev–Trinajstić information content (AvgIpc) is 2.78. The van der Waals surface area contributed by atoms with Gasteiger partial charge >= 0.3 is 0 Å². The van der Waals surface area contributed by atoms with Crippen molar-refractivity contribution in [2.24, 2.45) is 5.92 Å². The van der Waals surface area contributed by atoms with Gasteiger partial charge in [0.1, 0.15) is 5.82 Å². The lowest BCUT2D eigenvalue weighted by Crippen LogP contribution is -2.43. The summed E-state index contributed by atoms with van der Waals surface area (Å²) in [5.74, 6) is 0.860. The molecule has 1 unspecified atom stereocenters. The van der Waals surface area contributed by atoms with Gasteiger partial charge in [-0.25, -0.2) is 4.98 Å². The van der Waals surface area contributed by atoms with Gasteiger partial charge in [0.2, 0.25) is 5.91 Å². The van der Waals surface area contributed by atoms with Gasteiger partial charge in [0.05, 0.1) is 22.6 Å². The second-order valence-corrected chi connectivity index (χ2v) is 8.89. The highest BCUT2D eigenvalue weighted by Crippen LogP contribution is 2.33. The Kier molecular flexibility index (Phi) is 7.23. The zero-order chi connectivity index (χ0) is 23.4. The largest absolute Gasteiger partial charge is 0.385 e. The maximum Gasteiger partial charge on any atom is 0.266 e. The first-order valence-electron chi connectivity index (χ1n) is 11.9. The zero-order valence-electron chi connectivity index (χ0n) is 19.8. The molecular formula is C27H33N3O3. The molecule has 0 bridgehead atoms. The monoisotopic (exact) mass is 447 g/mol. The molecule has 1 fully saturated rings. The molecule has 4 rings (SSSR count). The lowest BCUT2D eigenvalue weighted by molar-refractivity contribution is -0.141. The standard InChI is InChI=1S/C27H33N3O3/c1-4-24(29(17-8-18-33-3)26(31)20-9-7-10-20)25-28-23-12-6-5-11-22(23)27(32)30(25)21-15-13-19(2)14-16-21/h5-6,11-16,20,24H,4,7-10,17-18H2,1-3H3. The fraction of sp³-hybridized carbons (Fsp3) is 0.444. The van der Waals surface area contributed by atoms with E-state index in [1.54, 1.807) is 11.7 Å². The lowest BCUT2D eigenvalue weighted by atomic mass is 9.84. The van der Waals surface area contributed by atoms with Gasteiger partial charge in [-0.05, 0) is 56.9 Å². The topological polar surface area (TPSA) is 64.4 Å². The summed E-state index contributed by atoms with van der Waals surface area (Å²) in [7, 11) is 1.68. The molecule has 2 aromatic carbocycles. The fourth-order valence-corrected chi connectivity index (χ4v) is 4.55. The van der Waals surface area contributed by atoms with Crippen molar-refractivity contribution in [3.63, 3.8) is 0 Å². The number of nitrogens with zero attached hydrogens (tertiary/aromatic N) is 3. The normalized spacial score (nSPS) is 14.8. The van der Waals surface area contributed by atoms with Crippen LogP contribution < -0.4 is 5.56 Å². The van der Waals surface area contributed by atoms with Crippen molar-refractivity contribution >= 4 is 16.8 Å². The van der Waals surface area contributed by atoms with Crippen molar-refractivity contribution in [2.45, 2.75) is 52.0 Å². The Morgan fingerprint density at radius 1 is 1.18 bits per heavy atom. The molecule has 0 radical (unpaired) electrons. The van der Waals surface area contributed by atoms with Gasteiger partial charge in [0.25, 0.3) is 5.56 Å². The molecule has 1 aliphatic carbocycles. The summed E-state index contributed by atoms with van der Waals surface area (Å²) in [6.45, 7) is 5.25. The Morgan fingerprint density at radius 3 is 2.55 bits per heavy atom. The number of benzene rings is 2. The quantitative estimate of drug-likeness (QED) is 0.442. The summed E-state index contributed by atoms with van der Waals surface area (Å²) in [6.07, 6.45) is 4.38. The van der Waals surface area contributed by atoms with E-state index < -0.39 is 0 Å². The van der Waals surface area contributed by atoms with Crippen molar-refractivity contribution in [3.8, 4) is 5.69 Å².